The van der Waals surface area contributed by atoms with Crippen molar-refractivity contribution in [1.82, 2.24) is 0 Å². The summed E-state index contributed by atoms with van der Waals surface area (Å²) in [6, 6.07) is 34.8. The number of para-hydroxylation sites is 1. The highest BCUT2D eigenvalue weighted by Gasteiger charge is 2.48. The third-order valence-electron chi connectivity index (χ3n) is 11.2. The number of hydrogen-bond donors (Lipinski definition) is 0. The van der Waals surface area contributed by atoms with E-state index in [2.05, 4.69) is 172 Å². The molecule has 0 saturated carbocycles. The van der Waals surface area contributed by atoms with Crippen molar-refractivity contribution in [1.29, 1.82) is 0 Å². The minimum atomic E-state index is -0.170. The Morgan fingerprint density at radius 1 is 0.583 bits per heavy atom. The second-order valence-corrected chi connectivity index (χ2v) is 17.9. The van der Waals surface area contributed by atoms with Gasteiger partial charge < -0.3 is 9.32 Å². The third-order valence-corrected chi connectivity index (χ3v) is 11.2. The van der Waals surface area contributed by atoms with Crippen molar-refractivity contribution in [3.63, 3.8) is 0 Å². The topological polar surface area (TPSA) is 16.4 Å². The van der Waals surface area contributed by atoms with Crippen LogP contribution in [0.4, 0.5) is 17.1 Å². The highest BCUT2D eigenvalue weighted by atomic mass is 16.3. The fraction of sp³-hybridized carbons (Fsp3) is 0.333. The molecule has 5 aromatic carbocycles. The summed E-state index contributed by atoms with van der Waals surface area (Å²) < 4.78 is 6.90. The zero-order valence-electron chi connectivity index (χ0n) is 30.6. The number of nitrogens with zero attached hydrogens (tertiary/aromatic N) is 1. The van der Waals surface area contributed by atoms with Gasteiger partial charge in [0.05, 0.1) is 5.69 Å². The maximum absolute atomic E-state index is 6.90. The van der Waals surface area contributed by atoms with Crippen molar-refractivity contribution < 1.29 is 4.42 Å². The second-order valence-electron chi connectivity index (χ2n) is 17.9. The standard InChI is InChI=1S/C45H48BNO/c1-42(2,3)27-16-19-30(20-17-27)47-37-26-29(44(7,8)9)24-34-39(37)46(36-25-28(43(4,5)6)18-22-33(36)45(34,10)11)35-23-21-32-31-14-12-13-15-38(31)48-41(32)40(35)47/h12-26H,1-11H3. The first-order valence-electron chi connectivity index (χ1n) is 17.6. The molecule has 2 nitrogen and oxygen atoms in total. The summed E-state index contributed by atoms with van der Waals surface area (Å²) in [5.74, 6) is 0. The Morgan fingerprint density at radius 3 is 1.90 bits per heavy atom. The van der Waals surface area contributed by atoms with Gasteiger partial charge in [0.25, 0.3) is 0 Å². The van der Waals surface area contributed by atoms with Gasteiger partial charge in [-0.3, -0.25) is 0 Å². The van der Waals surface area contributed by atoms with Crippen molar-refractivity contribution >= 4 is 62.1 Å². The molecule has 1 aromatic heterocycles. The van der Waals surface area contributed by atoms with Crippen molar-refractivity contribution in [2.24, 2.45) is 0 Å². The molecular formula is C45H48BNO. The summed E-state index contributed by atoms with van der Waals surface area (Å²) in [5.41, 5.74) is 16.5. The molecule has 0 unspecified atom stereocenters. The van der Waals surface area contributed by atoms with E-state index in [0.29, 0.717) is 0 Å². The number of anilines is 3. The average molecular weight is 630 g/mol. The lowest BCUT2D eigenvalue weighted by atomic mass is 9.30. The van der Waals surface area contributed by atoms with E-state index in [4.69, 9.17) is 4.42 Å². The first-order chi connectivity index (χ1) is 22.5. The lowest BCUT2D eigenvalue weighted by Crippen LogP contribution is -2.64. The summed E-state index contributed by atoms with van der Waals surface area (Å²) in [7, 11) is 0. The Balaban J connectivity index is 1.54. The molecule has 8 rings (SSSR count). The molecule has 0 saturated heterocycles. The molecule has 0 atom stereocenters. The van der Waals surface area contributed by atoms with Gasteiger partial charge in [0.2, 0.25) is 6.71 Å². The van der Waals surface area contributed by atoms with Crippen LogP contribution >= 0.6 is 0 Å². The van der Waals surface area contributed by atoms with E-state index in [0.717, 1.165) is 33.3 Å². The highest BCUT2D eigenvalue weighted by Crippen LogP contribution is 2.48. The van der Waals surface area contributed by atoms with Crippen LogP contribution in [-0.2, 0) is 21.7 Å². The lowest BCUT2D eigenvalue weighted by Gasteiger charge is -2.46. The largest absolute Gasteiger partial charge is 0.454 e. The molecule has 48 heavy (non-hydrogen) atoms. The van der Waals surface area contributed by atoms with E-state index in [-0.39, 0.29) is 28.4 Å². The zero-order chi connectivity index (χ0) is 34.1. The van der Waals surface area contributed by atoms with Gasteiger partial charge in [0, 0.05) is 27.6 Å². The number of hydrogen-bond acceptors (Lipinski definition) is 2. The normalized spacial score (nSPS) is 15.5. The van der Waals surface area contributed by atoms with Crippen LogP contribution in [0.25, 0.3) is 21.9 Å². The van der Waals surface area contributed by atoms with Crippen LogP contribution in [0.3, 0.4) is 0 Å². The van der Waals surface area contributed by atoms with Crippen LogP contribution in [0, 0.1) is 0 Å². The summed E-state index contributed by atoms with van der Waals surface area (Å²) in [6.45, 7) is 25.8. The number of benzene rings is 5. The van der Waals surface area contributed by atoms with Gasteiger partial charge in [0.1, 0.15) is 5.58 Å². The van der Waals surface area contributed by atoms with Gasteiger partial charge in [-0.15, -0.1) is 0 Å². The molecule has 0 bridgehead atoms. The van der Waals surface area contributed by atoms with Gasteiger partial charge in [-0.1, -0.05) is 148 Å². The fourth-order valence-corrected chi connectivity index (χ4v) is 8.29. The second kappa shape index (κ2) is 9.91. The van der Waals surface area contributed by atoms with E-state index in [1.807, 2.05) is 0 Å². The smallest absolute Gasteiger partial charge is 0.247 e. The molecule has 0 N–H and O–H groups in total. The van der Waals surface area contributed by atoms with Gasteiger partial charge in [-0.2, -0.15) is 0 Å². The first kappa shape index (κ1) is 31.1. The predicted octanol–water partition coefficient (Wildman–Crippen LogP) is 10.4. The van der Waals surface area contributed by atoms with E-state index in [1.54, 1.807) is 0 Å². The minimum absolute atomic E-state index is 0.0269. The Bertz CT molecular complexity index is 2260. The minimum Gasteiger partial charge on any atom is -0.454 e. The Morgan fingerprint density at radius 2 is 1.23 bits per heavy atom. The van der Waals surface area contributed by atoms with Crippen molar-refractivity contribution in [2.45, 2.75) is 97.8 Å². The van der Waals surface area contributed by atoms with E-state index < -0.39 is 0 Å². The molecule has 2 aliphatic heterocycles. The van der Waals surface area contributed by atoms with Crippen molar-refractivity contribution in [3.05, 3.63) is 119 Å². The molecule has 3 heterocycles. The lowest BCUT2D eigenvalue weighted by molar-refractivity contribution is 0.580. The molecule has 0 radical (unpaired) electrons. The number of fused-ring (bicyclic) bond motifs is 8. The SMILES string of the molecule is CC(C)(C)c1ccc(N2c3cc(C(C)(C)C)cc4c3B(c3cc(C(C)(C)C)ccc3C4(C)C)c3ccc4c(oc5ccccc54)c32)cc1. The van der Waals surface area contributed by atoms with Crippen molar-refractivity contribution in [3.8, 4) is 0 Å². The number of furan rings is 1. The van der Waals surface area contributed by atoms with Crippen LogP contribution in [-0.4, -0.2) is 6.71 Å². The Kier molecular flexibility index (Phi) is 6.41. The average Bonchev–Trinajstić information content (AvgIpc) is 3.40. The van der Waals surface area contributed by atoms with E-state index >= 15 is 0 Å². The van der Waals surface area contributed by atoms with E-state index in [1.165, 1.54) is 49.9 Å². The molecule has 6 aromatic rings. The van der Waals surface area contributed by atoms with Crippen LogP contribution in [0.2, 0.25) is 0 Å². The zero-order valence-corrected chi connectivity index (χ0v) is 30.6. The van der Waals surface area contributed by atoms with Crippen molar-refractivity contribution in [2.75, 3.05) is 4.90 Å². The molecule has 0 aliphatic carbocycles. The van der Waals surface area contributed by atoms with Crippen LogP contribution in [0.5, 0.6) is 0 Å². The quantitative estimate of drug-likeness (QED) is 0.168. The highest BCUT2D eigenvalue weighted by molar-refractivity contribution is 6.99. The molecule has 0 spiro atoms. The third kappa shape index (κ3) is 4.46. The van der Waals surface area contributed by atoms with Gasteiger partial charge >= 0.3 is 0 Å². The maximum atomic E-state index is 6.90. The summed E-state index contributed by atoms with van der Waals surface area (Å²) in [6.07, 6.45) is 0. The molecular weight excluding hydrogens is 581 g/mol. The summed E-state index contributed by atoms with van der Waals surface area (Å²) in [4.78, 5) is 2.53. The van der Waals surface area contributed by atoms with Gasteiger partial charge in [-0.25, -0.2) is 0 Å². The number of rotatable bonds is 1. The molecule has 3 heteroatoms. The summed E-state index contributed by atoms with van der Waals surface area (Å²) in [5, 5.41) is 2.32. The maximum Gasteiger partial charge on any atom is 0.247 e. The molecule has 0 amide bonds. The molecule has 242 valence electrons. The van der Waals surface area contributed by atoms with Gasteiger partial charge in [0.15, 0.2) is 5.58 Å². The first-order valence-corrected chi connectivity index (χ1v) is 17.6. The Labute approximate surface area is 287 Å². The predicted molar refractivity (Wildman–Crippen MR) is 208 cm³/mol. The monoisotopic (exact) mass is 629 g/mol. The van der Waals surface area contributed by atoms with Crippen LogP contribution < -0.4 is 21.3 Å². The van der Waals surface area contributed by atoms with Gasteiger partial charge in [-0.05, 0) is 79.3 Å². The van der Waals surface area contributed by atoms with Crippen LogP contribution in [0.1, 0.15) is 104 Å². The van der Waals surface area contributed by atoms with E-state index in [9.17, 15) is 0 Å². The summed E-state index contributed by atoms with van der Waals surface area (Å²) >= 11 is 0. The molecule has 0 fully saturated rings. The Hall–Kier alpha value is -4.24. The van der Waals surface area contributed by atoms with Crippen LogP contribution in [0.15, 0.2) is 95.4 Å². The fourth-order valence-electron chi connectivity index (χ4n) is 8.29. The molecule has 2 aliphatic rings.